The van der Waals surface area contributed by atoms with Crippen LogP contribution in [0.3, 0.4) is 0 Å². The molecule has 0 aliphatic heterocycles. The second-order valence-corrected chi connectivity index (χ2v) is 6.65. The van der Waals surface area contributed by atoms with Crippen LogP contribution in [0, 0.1) is 5.92 Å². The maximum Gasteiger partial charge on any atom is 0.339 e. The highest BCUT2D eigenvalue weighted by molar-refractivity contribution is 7.87. The smallest absolute Gasteiger partial charge is 0.339 e. The minimum atomic E-state index is -3.83. The highest BCUT2D eigenvalue weighted by Crippen LogP contribution is 2.25. The van der Waals surface area contributed by atoms with E-state index in [1.54, 1.807) is 42.5 Å². The van der Waals surface area contributed by atoms with Gasteiger partial charge in [-0.3, -0.25) is 0 Å². The van der Waals surface area contributed by atoms with E-state index in [2.05, 4.69) is 0 Å². The van der Waals surface area contributed by atoms with Gasteiger partial charge in [0.15, 0.2) is 0 Å². The molecule has 0 saturated carbocycles. The molecule has 0 radical (unpaired) electrons. The van der Waals surface area contributed by atoms with Crippen LogP contribution in [-0.4, -0.2) is 13.5 Å². The van der Waals surface area contributed by atoms with Gasteiger partial charge >= 0.3 is 10.1 Å². The quantitative estimate of drug-likeness (QED) is 0.862. The summed E-state index contributed by atoms with van der Waals surface area (Å²) in [6.45, 7) is 3.82. The summed E-state index contributed by atoms with van der Waals surface area (Å²) in [4.78, 5) is 0.108. The number of hydrogen-bond acceptors (Lipinski definition) is 4. The van der Waals surface area contributed by atoms with Gasteiger partial charge in [-0.25, -0.2) is 0 Å². The van der Waals surface area contributed by atoms with Crippen molar-refractivity contribution in [3.05, 3.63) is 60.2 Å². The second-order valence-electron chi connectivity index (χ2n) is 5.11. The summed E-state index contributed by atoms with van der Waals surface area (Å²) in [6, 6.07) is 14.4. The Balaban J connectivity index is 2.17. The fraction of sp³-hybridized carbons (Fsp3) is 0.250. The predicted octanol–water partition coefficient (Wildman–Crippen LogP) is 3.14. The van der Waals surface area contributed by atoms with E-state index < -0.39 is 16.2 Å². The van der Waals surface area contributed by atoms with E-state index in [0.29, 0.717) is 0 Å². The fourth-order valence-electron chi connectivity index (χ4n) is 1.87. The van der Waals surface area contributed by atoms with Crippen LogP contribution in [-0.2, 0) is 10.1 Å². The molecule has 0 aliphatic rings. The largest absolute Gasteiger partial charge is 0.388 e. The summed E-state index contributed by atoms with van der Waals surface area (Å²) in [7, 11) is -3.83. The molecule has 0 fully saturated rings. The molecular weight excluding hydrogens is 288 g/mol. The Labute approximate surface area is 125 Å². The maximum atomic E-state index is 12.1. The van der Waals surface area contributed by atoms with Crippen molar-refractivity contribution in [2.24, 2.45) is 5.92 Å². The first-order valence-corrected chi connectivity index (χ1v) is 8.08. The van der Waals surface area contributed by atoms with Crippen molar-refractivity contribution in [3.8, 4) is 5.75 Å². The molecule has 1 unspecified atom stereocenters. The molecule has 0 heterocycles. The van der Waals surface area contributed by atoms with Gasteiger partial charge in [0.25, 0.3) is 0 Å². The zero-order valence-corrected chi connectivity index (χ0v) is 12.7. The SMILES string of the molecule is CC(C)C(O)c1ccc(OS(=O)(=O)c2ccccc2)cc1. The van der Waals surface area contributed by atoms with E-state index in [1.165, 1.54) is 12.1 Å². The Kier molecular flexibility index (Phi) is 4.65. The monoisotopic (exact) mass is 306 g/mol. The molecule has 2 rings (SSSR count). The summed E-state index contributed by atoms with van der Waals surface area (Å²) in [5.41, 5.74) is 0.731. The second kappa shape index (κ2) is 6.28. The number of rotatable bonds is 5. The van der Waals surface area contributed by atoms with Gasteiger partial charge in [0, 0.05) is 0 Å². The molecule has 0 aliphatic carbocycles. The lowest BCUT2D eigenvalue weighted by Crippen LogP contribution is -2.10. The molecular formula is C16H18O4S. The molecule has 2 aromatic carbocycles. The Morgan fingerprint density at radius 1 is 0.952 bits per heavy atom. The maximum absolute atomic E-state index is 12.1. The van der Waals surface area contributed by atoms with Crippen molar-refractivity contribution in [2.45, 2.75) is 24.8 Å². The van der Waals surface area contributed by atoms with Gasteiger partial charge in [-0.2, -0.15) is 8.42 Å². The van der Waals surface area contributed by atoms with Crippen LogP contribution >= 0.6 is 0 Å². The van der Waals surface area contributed by atoms with Crippen molar-refractivity contribution in [3.63, 3.8) is 0 Å². The molecule has 0 saturated heterocycles. The first kappa shape index (κ1) is 15.5. The highest BCUT2D eigenvalue weighted by Gasteiger charge is 2.17. The lowest BCUT2D eigenvalue weighted by molar-refractivity contribution is 0.127. The van der Waals surface area contributed by atoms with Crippen LogP contribution in [0.4, 0.5) is 0 Å². The average Bonchev–Trinajstić information content (AvgIpc) is 2.48. The minimum Gasteiger partial charge on any atom is -0.388 e. The molecule has 112 valence electrons. The molecule has 0 bridgehead atoms. The summed E-state index contributed by atoms with van der Waals surface area (Å²) >= 11 is 0. The summed E-state index contributed by atoms with van der Waals surface area (Å²) in [5.74, 6) is 0.309. The zero-order chi connectivity index (χ0) is 15.5. The molecule has 0 aromatic heterocycles. The first-order chi connectivity index (χ1) is 9.90. The van der Waals surface area contributed by atoms with Gasteiger partial charge in [0.2, 0.25) is 0 Å². The Morgan fingerprint density at radius 3 is 2.05 bits per heavy atom. The van der Waals surface area contributed by atoms with E-state index in [4.69, 9.17) is 4.18 Å². The third kappa shape index (κ3) is 3.83. The lowest BCUT2D eigenvalue weighted by atomic mass is 9.99. The van der Waals surface area contributed by atoms with Gasteiger partial charge in [0.1, 0.15) is 10.6 Å². The number of aliphatic hydroxyl groups excluding tert-OH is 1. The molecule has 21 heavy (non-hydrogen) atoms. The lowest BCUT2D eigenvalue weighted by Gasteiger charge is -2.15. The van der Waals surface area contributed by atoms with Gasteiger partial charge in [-0.05, 0) is 35.7 Å². The predicted molar refractivity (Wildman–Crippen MR) is 80.5 cm³/mol. The molecule has 0 spiro atoms. The molecule has 2 aromatic rings. The van der Waals surface area contributed by atoms with Crippen LogP contribution in [0.5, 0.6) is 5.75 Å². The number of benzene rings is 2. The Hall–Kier alpha value is -1.85. The third-order valence-electron chi connectivity index (χ3n) is 3.09. The van der Waals surface area contributed by atoms with Crippen LogP contribution in [0.15, 0.2) is 59.5 Å². The molecule has 4 nitrogen and oxygen atoms in total. The van der Waals surface area contributed by atoms with E-state index in [1.807, 2.05) is 13.8 Å². The Bertz CT molecular complexity index is 676. The average molecular weight is 306 g/mol. The summed E-state index contributed by atoms with van der Waals surface area (Å²) in [5, 5.41) is 9.94. The number of hydrogen-bond donors (Lipinski definition) is 1. The molecule has 1 N–H and O–H groups in total. The van der Waals surface area contributed by atoms with Crippen molar-refractivity contribution in [2.75, 3.05) is 0 Å². The van der Waals surface area contributed by atoms with E-state index in [9.17, 15) is 13.5 Å². The molecule has 5 heteroatoms. The highest BCUT2D eigenvalue weighted by atomic mass is 32.2. The van der Waals surface area contributed by atoms with E-state index >= 15 is 0 Å². The van der Waals surface area contributed by atoms with E-state index in [0.717, 1.165) is 5.56 Å². The van der Waals surface area contributed by atoms with Crippen LogP contribution in [0.25, 0.3) is 0 Å². The van der Waals surface area contributed by atoms with Crippen molar-refractivity contribution < 1.29 is 17.7 Å². The van der Waals surface area contributed by atoms with Gasteiger partial charge in [-0.15, -0.1) is 0 Å². The summed E-state index contributed by atoms with van der Waals surface area (Å²) < 4.78 is 29.2. The van der Waals surface area contributed by atoms with Crippen molar-refractivity contribution in [1.82, 2.24) is 0 Å². The number of aliphatic hydroxyl groups is 1. The van der Waals surface area contributed by atoms with Crippen LogP contribution in [0.1, 0.15) is 25.5 Å². The van der Waals surface area contributed by atoms with Gasteiger partial charge < -0.3 is 9.29 Å². The summed E-state index contributed by atoms with van der Waals surface area (Å²) in [6.07, 6.45) is -0.579. The van der Waals surface area contributed by atoms with Crippen LogP contribution in [0.2, 0.25) is 0 Å². The molecule has 1 atom stereocenters. The third-order valence-corrected chi connectivity index (χ3v) is 4.35. The van der Waals surface area contributed by atoms with Gasteiger partial charge in [0.05, 0.1) is 6.10 Å². The van der Waals surface area contributed by atoms with Crippen molar-refractivity contribution in [1.29, 1.82) is 0 Å². The molecule has 0 amide bonds. The van der Waals surface area contributed by atoms with E-state index in [-0.39, 0.29) is 16.6 Å². The zero-order valence-electron chi connectivity index (χ0n) is 11.9. The van der Waals surface area contributed by atoms with Crippen LogP contribution < -0.4 is 4.18 Å². The fourth-order valence-corrected chi connectivity index (χ4v) is 2.82. The topological polar surface area (TPSA) is 63.6 Å². The Morgan fingerprint density at radius 2 is 1.52 bits per heavy atom. The van der Waals surface area contributed by atoms with Crippen molar-refractivity contribution >= 4 is 10.1 Å². The minimum absolute atomic E-state index is 0.0878. The first-order valence-electron chi connectivity index (χ1n) is 6.68. The van der Waals surface area contributed by atoms with Gasteiger partial charge in [-0.1, -0.05) is 44.2 Å². The standard InChI is InChI=1S/C16H18O4S/c1-12(2)16(17)13-8-10-14(11-9-13)20-21(18,19)15-6-4-3-5-7-15/h3-12,16-17H,1-2H3. The normalized spacial score (nSPS) is 13.1.